The summed E-state index contributed by atoms with van der Waals surface area (Å²) < 4.78 is 4.61. The molecule has 0 spiro atoms. The van der Waals surface area contributed by atoms with Gasteiger partial charge in [-0.15, -0.1) is 0 Å². The Kier molecular flexibility index (Phi) is 6.11. The van der Waals surface area contributed by atoms with Crippen LogP contribution < -0.4 is 5.32 Å². The first-order chi connectivity index (χ1) is 6.67. The minimum absolute atomic E-state index is 0.00437. The van der Waals surface area contributed by atoms with Crippen molar-refractivity contribution in [1.82, 2.24) is 5.32 Å². The highest BCUT2D eigenvalue weighted by Gasteiger charge is 2.27. The molecule has 14 heavy (non-hydrogen) atoms. The maximum atomic E-state index is 10.2. The zero-order valence-corrected chi connectivity index (χ0v) is 7.99. The van der Waals surface area contributed by atoms with E-state index in [1.165, 1.54) is 13.1 Å². The van der Waals surface area contributed by atoms with E-state index in [1.54, 1.807) is 0 Å². The molecule has 6 heteroatoms. The molecule has 0 aliphatic rings. The van der Waals surface area contributed by atoms with Crippen molar-refractivity contribution in [3.63, 3.8) is 0 Å². The summed E-state index contributed by atoms with van der Waals surface area (Å²) in [6, 6.07) is 0. The van der Waals surface area contributed by atoms with Gasteiger partial charge in [0.2, 0.25) is 0 Å². The van der Waals surface area contributed by atoms with Gasteiger partial charge in [0.05, 0.1) is 39.0 Å². The molecule has 0 amide bonds. The first kappa shape index (κ1) is 13.1. The molecule has 0 heterocycles. The van der Waals surface area contributed by atoms with E-state index >= 15 is 0 Å². The van der Waals surface area contributed by atoms with Crippen molar-refractivity contribution in [3.05, 3.63) is 5.76 Å². The molecule has 0 saturated heterocycles. The molecular formula is C8H15NO5. The van der Waals surface area contributed by atoms with Crippen LogP contribution in [0.3, 0.4) is 0 Å². The number of rotatable bonds is 7. The van der Waals surface area contributed by atoms with Crippen LogP contribution in [0.5, 0.6) is 0 Å². The summed E-state index contributed by atoms with van der Waals surface area (Å²) in [5.41, 5.74) is -1.21. The summed E-state index contributed by atoms with van der Waals surface area (Å²) in [7, 11) is 1.31. The molecule has 0 aliphatic carbocycles. The highest BCUT2D eigenvalue weighted by atomic mass is 16.5. The van der Waals surface area contributed by atoms with Crippen molar-refractivity contribution >= 4 is 5.94 Å². The number of methoxy groups -OCH3 is 1. The van der Waals surface area contributed by atoms with E-state index in [1.807, 2.05) is 0 Å². The van der Waals surface area contributed by atoms with Gasteiger partial charge in [0.25, 0.3) is 0 Å². The summed E-state index contributed by atoms with van der Waals surface area (Å²) in [5, 5.41) is 29.3. The van der Waals surface area contributed by atoms with Gasteiger partial charge in [-0.3, -0.25) is 5.32 Å². The van der Waals surface area contributed by atoms with Crippen LogP contribution in [0, 0.1) is 0 Å². The third-order valence-corrected chi connectivity index (χ3v) is 1.89. The van der Waals surface area contributed by atoms with Crippen LogP contribution in [-0.2, 0) is 9.53 Å². The lowest BCUT2D eigenvalue weighted by Gasteiger charge is -2.28. The van der Waals surface area contributed by atoms with Crippen molar-refractivity contribution < 1.29 is 24.9 Å². The molecular weight excluding hydrogens is 190 g/mol. The van der Waals surface area contributed by atoms with Crippen LogP contribution in [0.4, 0.5) is 0 Å². The molecule has 6 nitrogen and oxygen atoms in total. The molecule has 0 radical (unpaired) electrons. The summed E-state index contributed by atoms with van der Waals surface area (Å²) in [5.74, 6) is 1.54. The molecule has 0 fully saturated rings. The van der Waals surface area contributed by atoms with Gasteiger partial charge >= 0.3 is 0 Å². The number of aliphatic hydroxyl groups excluding tert-OH is 3. The summed E-state index contributed by atoms with van der Waals surface area (Å²) in [6.45, 7) is -1.36. The lowest BCUT2D eigenvalue weighted by molar-refractivity contribution is 0.0423. The predicted octanol–water partition coefficient (Wildman–Crippen LogP) is -2.35. The first-order valence-corrected chi connectivity index (χ1v) is 4.03. The molecule has 0 aliphatic heterocycles. The molecule has 4 N–H and O–H groups in total. The van der Waals surface area contributed by atoms with Crippen molar-refractivity contribution in [2.75, 3.05) is 33.5 Å². The Bertz CT molecular complexity index is 200. The molecule has 0 aromatic rings. The third kappa shape index (κ3) is 3.45. The normalized spacial score (nSPS) is 10.9. The second kappa shape index (κ2) is 6.53. The van der Waals surface area contributed by atoms with E-state index in [9.17, 15) is 4.79 Å². The van der Waals surface area contributed by atoms with Crippen LogP contribution >= 0.6 is 0 Å². The Balaban J connectivity index is 4.25. The molecule has 0 aromatic heterocycles. The highest BCUT2D eigenvalue weighted by Crippen LogP contribution is 2.02. The number of nitrogens with one attached hydrogen (secondary N) is 1. The topological polar surface area (TPSA) is 99.0 Å². The van der Waals surface area contributed by atoms with Gasteiger partial charge in [0, 0.05) is 0 Å². The van der Waals surface area contributed by atoms with Crippen molar-refractivity contribution in [3.8, 4) is 0 Å². The smallest absolute Gasteiger partial charge is 0.193 e. The lowest BCUT2D eigenvalue weighted by atomic mass is 10.0. The summed E-state index contributed by atoms with van der Waals surface area (Å²) in [6.07, 6.45) is 0. The van der Waals surface area contributed by atoms with E-state index in [0.717, 1.165) is 0 Å². The van der Waals surface area contributed by atoms with Crippen LogP contribution in [-0.4, -0.2) is 60.3 Å². The Morgan fingerprint density at radius 3 is 2.14 bits per heavy atom. The lowest BCUT2D eigenvalue weighted by Crippen LogP contribution is -2.55. The fourth-order valence-electron chi connectivity index (χ4n) is 0.735. The van der Waals surface area contributed by atoms with Crippen LogP contribution in [0.15, 0.2) is 5.76 Å². The number of hydrogen-bond acceptors (Lipinski definition) is 6. The van der Waals surface area contributed by atoms with Crippen LogP contribution in [0.2, 0.25) is 0 Å². The monoisotopic (exact) mass is 205 g/mol. The van der Waals surface area contributed by atoms with Crippen LogP contribution in [0.25, 0.3) is 0 Å². The fourth-order valence-corrected chi connectivity index (χ4v) is 0.735. The number of carbonyl (C=O) groups excluding carboxylic acids is 1. The fraction of sp³-hybridized carbons (Fsp3) is 0.750. The number of aliphatic hydroxyl groups is 3. The van der Waals surface area contributed by atoms with Gasteiger partial charge in [0.15, 0.2) is 11.7 Å². The molecule has 0 saturated carbocycles. The van der Waals surface area contributed by atoms with Gasteiger partial charge < -0.3 is 20.1 Å². The molecule has 0 unspecified atom stereocenters. The quantitative estimate of drug-likeness (QED) is 0.274. The van der Waals surface area contributed by atoms with Gasteiger partial charge in [0.1, 0.15) is 0 Å². The highest BCUT2D eigenvalue weighted by molar-refractivity contribution is 5.49. The van der Waals surface area contributed by atoms with E-state index in [2.05, 4.69) is 10.1 Å². The average molecular weight is 205 g/mol. The summed E-state index contributed by atoms with van der Waals surface area (Å²) in [4.78, 5) is 10.2. The van der Waals surface area contributed by atoms with E-state index in [-0.39, 0.29) is 12.3 Å². The minimum atomic E-state index is -1.21. The van der Waals surface area contributed by atoms with Gasteiger partial charge in [-0.2, -0.15) is 0 Å². The SMILES string of the molecule is COC(=C=O)CNC(CO)(CO)CO. The molecule has 0 bridgehead atoms. The Morgan fingerprint density at radius 1 is 1.36 bits per heavy atom. The maximum Gasteiger partial charge on any atom is 0.193 e. The molecule has 0 rings (SSSR count). The first-order valence-electron chi connectivity index (χ1n) is 4.03. The largest absolute Gasteiger partial charge is 0.489 e. The zero-order chi connectivity index (χ0) is 11.0. The van der Waals surface area contributed by atoms with Gasteiger partial charge in [-0.1, -0.05) is 0 Å². The molecule has 82 valence electrons. The molecule has 0 atom stereocenters. The van der Waals surface area contributed by atoms with Gasteiger partial charge in [-0.25, -0.2) is 4.79 Å². The second-order valence-corrected chi connectivity index (χ2v) is 2.84. The van der Waals surface area contributed by atoms with Crippen LogP contribution in [0.1, 0.15) is 0 Å². The summed E-state index contributed by atoms with van der Waals surface area (Å²) >= 11 is 0. The standard InChI is InChI=1S/C8H15NO5/c1-14-7(3-10)2-9-8(4-11,5-12)6-13/h9,11-13H,2,4-6H2,1H3. The van der Waals surface area contributed by atoms with E-state index in [0.29, 0.717) is 0 Å². The third-order valence-electron chi connectivity index (χ3n) is 1.89. The van der Waals surface area contributed by atoms with Crippen molar-refractivity contribution in [1.29, 1.82) is 0 Å². The predicted molar refractivity (Wildman–Crippen MR) is 48.2 cm³/mol. The Labute approximate surface area is 81.8 Å². The average Bonchev–Trinajstić information content (AvgIpc) is 2.26. The van der Waals surface area contributed by atoms with E-state index in [4.69, 9.17) is 15.3 Å². The van der Waals surface area contributed by atoms with E-state index < -0.39 is 25.4 Å². The second-order valence-electron chi connectivity index (χ2n) is 2.84. The van der Waals surface area contributed by atoms with Crippen molar-refractivity contribution in [2.45, 2.75) is 5.54 Å². The zero-order valence-electron chi connectivity index (χ0n) is 7.99. The number of ether oxygens (including phenoxy) is 1. The van der Waals surface area contributed by atoms with Crippen molar-refractivity contribution in [2.24, 2.45) is 0 Å². The Morgan fingerprint density at radius 2 is 1.86 bits per heavy atom. The Hall–Kier alpha value is -0.910. The number of hydrogen-bond donors (Lipinski definition) is 4. The minimum Gasteiger partial charge on any atom is -0.489 e. The maximum absolute atomic E-state index is 10.2. The molecule has 0 aromatic carbocycles. The van der Waals surface area contributed by atoms with Gasteiger partial charge in [-0.05, 0) is 0 Å².